The molecule has 6 nitrogen and oxygen atoms in total. The van der Waals surface area contributed by atoms with E-state index in [1.54, 1.807) is 19.2 Å². The SMILES string of the molecule is CNc1cc(CN(C)CCOCC2CC2)ccc1[N+](=O)[O-]. The molecule has 0 heterocycles. The third-order valence-corrected chi connectivity index (χ3v) is 3.65. The lowest BCUT2D eigenvalue weighted by molar-refractivity contribution is -0.384. The van der Waals surface area contributed by atoms with Gasteiger partial charge in [0.2, 0.25) is 0 Å². The highest BCUT2D eigenvalue weighted by Gasteiger charge is 2.21. The first-order valence-corrected chi connectivity index (χ1v) is 7.31. The van der Waals surface area contributed by atoms with E-state index in [-0.39, 0.29) is 10.6 Å². The third-order valence-electron chi connectivity index (χ3n) is 3.65. The highest BCUT2D eigenvalue weighted by molar-refractivity contribution is 5.62. The zero-order valence-electron chi connectivity index (χ0n) is 12.7. The fraction of sp³-hybridized carbons (Fsp3) is 0.600. The topological polar surface area (TPSA) is 67.6 Å². The highest BCUT2D eigenvalue weighted by atomic mass is 16.6. The fourth-order valence-electron chi connectivity index (χ4n) is 2.19. The summed E-state index contributed by atoms with van der Waals surface area (Å²) in [6, 6.07) is 5.19. The molecular weight excluding hydrogens is 270 g/mol. The summed E-state index contributed by atoms with van der Waals surface area (Å²) in [6.07, 6.45) is 2.62. The maximum absolute atomic E-state index is 10.9. The Morgan fingerprint density at radius 1 is 1.48 bits per heavy atom. The van der Waals surface area contributed by atoms with Gasteiger partial charge in [-0.25, -0.2) is 0 Å². The molecule has 0 atom stereocenters. The minimum atomic E-state index is -0.370. The molecule has 0 saturated heterocycles. The average molecular weight is 293 g/mol. The van der Waals surface area contributed by atoms with Crippen molar-refractivity contribution in [2.45, 2.75) is 19.4 Å². The van der Waals surface area contributed by atoms with Crippen molar-refractivity contribution in [2.24, 2.45) is 5.92 Å². The Kier molecular flexibility index (Phi) is 5.52. The Labute approximate surface area is 125 Å². The number of benzene rings is 1. The molecule has 1 aliphatic rings. The van der Waals surface area contributed by atoms with E-state index in [4.69, 9.17) is 4.74 Å². The summed E-state index contributed by atoms with van der Waals surface area (Å²) in [7, 11) is 3.72. The summed E-state index contributed by atoms with van der Waals surface area (Å²) in [6.45, 7) is 3.23. The molecule has 0 amide bonds. The molecule has 2 rings (SSSR count). The molecule has 0 aromatic heterocycles. The Morgan fingerprint density at radius 2 is 2.24 bits per heavy atom. The molecule has 1 aliphatic carbocycles. The van der Waals surface area contributed by atoms with Crippen molar-refractivity contribution in [3.8, 4) is 0 Å². The molecule has 1 saturated carbocycles. The van der Waals surface area contributed by atoms with Crippen LogP contribution in [0.15, 0.2) is 18.2 Å². The van der Waals surface area contributed by atoms with Crippen molar-refractivity contribution in [2.75, 3.05) is 39.2 Å². The van der Waals surface area contributed by atoms with Crippen molar-refractivity contribution < 1.29 is 9.66 Å². The summed E-state index contributed by atoms with van der Waals surface area (Å²) >= 11 is 0. The van der Waals surface area contributed by atoms with Crippen LogP contribution in [0.4, 0.5) is 11.4 Å². The lowest BCUT2D eigenvalue weighted by Gasteiger charge is -2.17. The summed E-state index contributed by atoms with van der Waals surface area (Å²) in [5, 5.41) is 13.8. The van der Waals surface area contributed by atoms with E-state index >= 15 is 0 Å². The maximum Gasteiger partial charge on any atom is 0.292 e. The minimum absolute atomic E-state index is 0.108. The normalized spacial score (nSPS) is 14.4. The van der Waals surface area contributed by atoms with E-state index in [0.29, 0.717) is 5.69 Å². The van der Waals surface area contributed by atoms with Gasteiger partial charge in [0.05, 0.1) is 11.5 Å². The van der Waals surface area contributed by atoms with Crippen molar-refractivity contribution in [1.29, 1.82) is 0 Å². The van der Waals surface area contributed by atoms with Gasteiger partial charge in [0.1, 0.15) is 5.69 Å². The molecule has 0 unspecified atom stereocenters. The van der Waals surface area contributed by atoms with Gasteiger partial charge in [-0.15, -0.1) is 0 Å². The van der Waals surface area contributed by atoms with Crippen LogP contribution in [0.3, 0.4) is 0 Å². The maximum atomic E-state index is 10.9. The number of nitro groups is 1. The van der Waals surface area contributed by atoms with Gasteiger partial charge in [-0.1, -0.05) is 6.07 Å². The Bertz CT molecular complexity index is 489. The Balaban J connectivity index is 1.81. The smallest absolute Gasteiger partial charge is 0.292 e. The van der Waals surface area contributed by atoms with Crippen LogP contribution in [0.1, 0.15) is 18.4 Å². The number of nitro benzene ring substituents is 1. The summed E-state index contributed by atoms with van der Waals surface area (Å²) in [5.74, 6) is 0.795. The van der Waals surface area contributed by atoms with Crippen molar-refractivity contribution in [3.05, 3.63) is 33.9 Å². The second kappa shape index (κ2) is 7.38. The number of rotatable bonds is 9. The van der Waals surface area contributed by atoms with E-state index in [0.717, 1.165) is 37.8 Å². The Morgan fingerprint density at radius 3 is 2.86 bits per heavy atom. The molecule has 1 fully saturated rings. The number of anilines is 1. The number of hydrogen-bond acceptors (Lipinski definition) is 5. The van der Waals surface area contributed by atoms with Crippen LogP contribution in [0.5, 0.6) is 0 Å². The van der Waals surface area contributed by atoms with Gasteiger partial charge < -0.3 is 10.1 Å². The molecule has 21 heavy (non-hydrogen) atoms. The molecule has 0 radical (unpaired) electrons. The van der Waals surface area contributed by atoms with E-state index in [2.05, 4.69) is 10.2 Å². The number of hydrogen-bond donors (Lipinski definition) is 1. The van der Waals surface area contributed by atoms with E-state index < -0.39 is 0 Å². The second-order valence-corrected chi connectivity index (χ2v) is 5.61. The highest BCUT2D eigenvalue weighted by Crippen LogP contribution is 2.28. The molecule has 1 N–H and O–H groups in total. The van der Waals surface area contributed by atoms with Gasteiger partial charge in [0.15, 0.2) is 0 Å². The Hall–Kier alpha value is -1.66. The third kappa shape index (κ3) is 4.99. The predicted octanol–water partition coefficient (Wildman–Crippen LogP) is 2.49. The number of ether oxygens (including phenoxy) is 1. The zero-order chi connectivity index (χ0) is 15.2. The fourth-order valence-corrected chi connectivity index (χ4v) is 2.19. The van der Waals surface area contributed by atoms with Crippen LogP contribution in [0, 0.1) is 16.0 Å². The number of likely N-dealkylation sites (N-methyl/N-ethyl adjacent to an activating group) is 1. The molecule has 0 aliphatic heterocycles. The van der Waals surface area contributed by atoms with Crippen LogP contribution in [-0.4, -0.2) is 43.7 Å². The zero-order valence-corrected chi connectivity index (χ0v) is 12.7. The second-order valence-electron chi connectivity index (χ2n) is 5.61. The summed E-state index contributed by atoms with van der Waals surface area (Å²) in [5.41, 5.74) is 1.71. The van der Waals surface area contributed by atoms with E-state index in [1.165, 1.54) is 12.8 Å². The lowest BCUT2D eigenvalue weighted by Crippen LogP contribution is -2.23. The van der Waals surface area contributed by atoms with E-state index in [9.17, 15) is 10.1 Å². The molecule has 0 bridgehead atoms. The first kappa shape index (κ1) is 15.7. The number of nitrogens with one attached hydrogen (secondary N) is 1. The van der Waals surface area contributed by atoms with Gasteiger partial charge >= 0.3 is 0 Å². The molecule has 6 heteroatoms. The minimum Gasteiger partial charge on any atom is -0.383 e. The van der Waals surface area contributed by atoms with Crippen LogP contribution in [0.25, 0.3) is 0 Å². The molecule has 0 spiro atoms. The van der Waals surface area contributed by atoms with Crippen LogP contribution < -0.4 is 5.32 Å². The lowest BCUT2D eigenvalue weighted by atomic mass is 10.1. The van der Waals surface area contributed by atoms with Crippen LogP contribution in [0.2, 0.25) is 0 Å². The monoisotopic (exact) mass is 293 g/mol. The standard InChI is InChI=1S/C15H23N3O3/c1-16-14-9-13(5-6-15(14)18(19)20)10-17(2)7-8-21-11-12-3-4-12/h5-6,9,12,16H,3-4,7-8,10-11H2,1-2H3. The first-order chi connectivity index (χ1) is 10.1. The largest absolute Gasteiger partial charge is 0.383 e. The van der Waals surface area contributed by atoms with Gasteiger partial charge in [0.25, 0.3) is 5.69 Å². The quantitative estimate of drug-likeness (QED) is 0.430. The molecular formula is C15H23N3O3. The first-order valence-electron chi connectivity index (χ1n) is 7.31. The van der Waals surface area contributed by atoms with Crippen molar-refractivity contribution in [3.63, 3.8) is 0 Å². The predicted molar refractivity (Wildman–Crippen MR) is 82.5 cm³/mol. The molecule has 116 valence electrons. The van der Waals surface area contributed by atoms with Gasteiger partial charge in [0, 0.05) is 32.8 Å². The van der Waals surface area contributed by atoms with E-state index in [1.807, 2.05) is 13.1 Å². The van der Waals surface area contributed by atoms with Crippen molar-refractivity contribution in [1.82, 2.24) is 4.90 Å². The van der Waals surface area contributed by atoms with Gasteiger partial charge in [-0.2, -0.15) is 0 Å². The van der Waals surface area contributed by atoms with Crippen molar-refractivity contribution >= 4 is 11.4 Å². The summed E-state index contributed by atoms with van der Waals surface area (Å²) < 4.78 is 5.62. The van der Waals surface area contributed by atoms with Crippen LogP contribution >= 0.6 is 0 Å². The molecule has 1 aromatic rings. The van der Waals surface area contributed by atoms with Gasteiger partial charge in [-0.05, 0) is 37.4 Å². The van der Waals surface area contributed by atoms with Crippen LogP contribution in [-0.2, 0) is 11.3 Å². The average Bonchev–Trinajstić information content (AvgIpc) is 3.27. The van der Waals surface area contributed by atoms with Gasteiger partial charge in [-0.3, -0.25) is 15.0 Å². The number of nitrogens with zero attached hydrogens (tertiary/aromatic N) is 2. The molecule has 1 aromatic carbocycles. The summed E-state index contributed by atoms with van der Waals surface area (Å²) in [4.78, 5) is 12.7.